The minimum Gasteiger partial charge on any atom is -0.490 e. The Balaban J connectivity index is 2.40. The highest BCUT2D eigenvalue weighted by Gasteiger charge is 2.30. The van der Waals surface area contributed by atoms with Gasteiger partial charge in [0.1, 0.15) is 5.57 Å². The molecule has 0 aliphatic carbocycles. The number of nitrogens with zero attached hydrogens (tertiary/aromatic N) is 1. The number of benzene rings is 1. The van der Waals surface area contributed by atoms with Gasteiger partial charge < -0.3 is 14.2 Å². The molecule has 1 aliphatic rings. The Morgan fingerprint density at radius 3 is 2.67 bits per heavy atom. The van der Waals surface area contributed by atoms with Gasteiger partial charge in [0.2, 0.25) is 0 Å². The average molecular weight is 413 g/mol. The molecule has 1 N–H and O–H groups in total. The summed E-state index contributed by atoms with van der Waals surface area (Å²) in [5.41, 5.74) is 0.335. The fourth-order valence-electron chi connectivity index (χ4n) is 2.18. The van der Waals surface area contributed by atoms with Crippen molar-refractivity contribution in [2.24, 2.45) is 0 Å². The number of esters is 1. The quantitative estimate of drug-likeness (QED) is 0.328. The van der Waals surface area contributed by atoms with E-state index in [1.165, 1.54) is 26.3 Å². The number of carbonyl (C=O) groups is 3. The van der Waals surface area contributed by atoms with Crippen LogP contribution in [0.1, 0.15) is 12.5 Å². The number of methoxy groups -OCH3 is 1. The van der Waals surface area contributed by atoms with Gasteiger partial charge in [-0.2, -0.15) is 0 Å². The van der Waals surface area contributed by atoms with E-state index in [9.17, 15) is 14.4 Å². The van der Waals surface area contributed by atoms with Crippen molar-refractivity contribution in [3.63, 3.8) is 0 Å². The number of carbonyl (C=O) groups excluding carboxylic acids is 3. The highest BCUT2D eigenvalue weighted by Crippen LogP contribution is 2.37. The summed E-state index contributed by atoms with van der Waals surface area (Å²) in [5.74, 6) is -1.31. The predicted octanol–water partition coefficient (Wildman–Crippen LogP) is 1.55. The molecule has 2 rings (SSSR count). The van der Waals surface area contributed by atoms with Crippen molar-refractivity contribution in [2.75, 3.05) is 27.4 Å². The number of rotatable bonds is 6. The van der Waals surface area contributed by atoms with E-state index in [4.69, 9.17) is 33.3 Å². The summed E-state index contributed by atoms with van der Waals surface area (Å²) in [6.07, 6.45) is 1.37. The first kappa shape index (κ1) is 20.7. The van der Waals surface area contributed by atoms with Crippen LogP contribution in [-0.2, 0) is 19.1 Å². The summed E-state index contributed by atoms with van der Waals surface area (Å²) < 4.78 is 15.4. The fourth-order valence-corrected chi connectivity index (χ4v) is 2.63. The van der Waals surface area contributed by atoms with Gasteiger partial charge >= 0.3 is 5.97 Å². The highest BCUT2D eigenvalue weighted by molar-refractivity contribution is 7.80. The first-order chi connectivity index (χ1) is 12.8. The third-order valence-electron chi connectivity index (χ3n) is 3.51. The lowest BCUT2D eigenvalue weighted by atomic mass is 10.1. The van der Waals surface area contributed by atoms with Gasteiger partial charge in [0.05, 0.1) is 18.7 Å². The maximum atomic E-state index is 12.3. The largest absolute Gasteiger partial charge is 0.490 e. The van der Waals surface area contributed by atoms with Crippen molar-refractivity contribution in [2.45, 2.75) is 6.92 Å². The lowest BCUT2D eigenvalue weighted by Crippen LogP contribution is -2.52. The molecule has 27 heavy (non-hydrogen) atoms. The van der Waals surface area contributed by atoms with Gasteiger partial charge in [0, 0.05) is 7.05 Å². The molecule has 1 saturated heterocycles. The summed E-state index contributed by atoms with van der Waals surface area (Å²) in [4.78, 5) is 36.8. The Bertz CT molecular complexity index is 839. The summed E-state index contributed by atoms with van der Waals surface area (Å²) in [6, 6.07) is 3.03. The van der Waals surface area contributed by atoms with Gasteiger partial charge in [-0.25, -0.2) is 4.79 Å². The molecule has 1 fully saturated rings. The number of amides is 2. The number of likely N-dealkylation sites (N-methyl/N-ethyl adjacent to an activating group) is 1. The molecule has 0 radical (unpaired) electrons. The van der Waals surface area contributed by atoms with Crippen LogP contribution in [0, 0.1) is 0 Å². The van der Waals surface area contributed by atoms with E-state index in [1.54, 1.807) is 13.0 Å². The molecular formula is C17H17ClN2O6S. The van der Waals surface area contributed by atoms with E-state index >= 15 is 0 Å². The van der Waals surface area contributed by atoms with E-state index in [0.29, 0.717) is 12.2 Å². The molecule has 8 nitrogen and oxygen atoms in total. The summed E-state index contributed by atoms with van der Waals surface area (Å²) in [6.45, 7) is 1.72. The predicted molar refractivity (Wildman–Crippen MR) is 102 cm³/mol. The van der Waals surface area contributed by atoms with Gasteiger partial charge in [-0.05, 0) is 42.9 Å². The topological polar surface area (TPSA) is 94.2 Å². The van der Waals surface area contributed by atoms with Crippen molar-refractivity contribution in [3.05, 3.63) is 28.3 Å². The zero-order chi connectivity index (χ0) is 20.1. The van der Waals surface area contributed by atoms with Crippen LogP contribution in [0.5, 0.6) is 11.5 Å². The molecule has 0 aromatic heterocycles. The standard InChI is InChI=1S/C17H17ClN2O6S/c1-4-25-12-7-9(6-11(18)14(12)26-8-13(21)24-3)5-10-15(22)19-17(27)20(2)16(10)23/h5-7H,4,8H2,1-3H3,(H,19,22,27). The van der Waals surface area contributed by atoms with Gasteiger partial charge in [-0.15, -0.1) is 0 Å². The molecule has 0 spiro atoms. The van der Waals surface area contributed by atoms with Crippen molar-refractivity contribution in [3.8, 4) is 11.5 Å². The van der Waals surface area contributed by atoms with Crippen molar-refractivity contribution >= 4 is 52.8 Å². The van der Waals surface area contributed by atoms with Crippen LogP contribution in [0.25, 0.3) is 6.08 Å². The lowest BCUT2D eigenvalue weighted by Gasteiger charge is -2.25. The monoisotopic (exact) mass is 412 g/mol. The molecule has 1 aromatic carbocycles. The second kappa shape index (κ2) is 8.83. The van der Waals surface area contributed by atoms with Crippen LogP contribution in [0.3, 0.4) is 0 Å². The number of hydrogen-bond donors (Lipinski definition) is 1. The van der Waals surface area contributed by atoms with E-state index in [1.807, 2.05) is 0 Å². The Hall–Kier alpha value is -2.65. The van der Waals surface area contributed by atoms with Crippen molar-refractivity contribution < 1.29 is 28.6 Å². The molecule has 0 saturated carbocycles. The average Bonchev–Trinajstić information content (AvgIpc) is 2.62. The van der Waals surface area contributed by atoms with Gasteiger partial charge in [0.25, 0.3) is 11.8 Å². The number of halogens is 1. The molecule has 0 atom stereocenters. The molecule has 1 aromatic rings. The van der Waals surface area contributed by atoms with E-state index in [0.717, 1.165) is 4.90 Å². The Morgan fingerprint density at radius 1 is 1.33 bits per heavy atom. The third kappa shape index (κ3) is 4.75. The smallest absolute Gasteiger partial charge is 0.343 e. The van der Waals surface area contributed by atoms with Crippen molar-refractivity contribution in [1.82, 2.24) is 10.2 Å². The SMILES string of the molecule is CCOc1cc(C=C2C(=O)NC(=S)N(C)C2=O)cc(Cl)c1OCC(=O)OC. The molecule has 0 bridgehead atoms. The number of thiocarbonyl (C=S) groups is 1. The van der Waals surface area contributed by atoms with Gasteiger partial charge in [0.15, 0.2) is 23.2 Å². The fraction of sp³-hybridized carbons (Fsp3) is 0.294. The van der Waals surface area contributed by atoms with Crippen LogP contribution >= 0.6 is 23.8 Å². The number of nitrogens with one attached hydrogen (secondary N) is 1. The van der Waals surface area contributed by atoms with Gasteiger partial charge in [-0.3, -0.25) is 19.8 Å². The zero-order valence-electron chi connectivity index (χ0n) is 14.8. The molecule has 2 amide bonds. The Morgan fingerprint density at radius 2 is 2.04 bits per heavy atom. The first-order valence-electron chi connectivity index (χ1n) is 7.79. The molecule has 144 valence electrons. The Kier molecular flexibility index (Phi) is 6.75. The number of ether oxygens (including phenoxy) is 3. The second-order valence-electron chi connectivity index (χ2n) is 5.31. The number of hydrogen-bond acceptors (Lipinski definition) is 7. The minimum absolute atomic E-state index is 0.0294. The lowest BCUT2D eigenvalue weighted by molar-refractivity contribution is -0.143. The van der Waals surface area contributed by atoms with E-state index in [-0.39, 0.29) is 33.8 Å². The van der Waals surface area contributed by atoms with Crippen LogP contribution in [0.15, 0.2) is 17.7 Å². The normalized spacial score (nSPS) is 15.6. The maximum absolute atomic E-state index is 12.3. The van der Waals surface area contributed by atoms with Crippen LogP contribution in [0.4, 0.5) is 0 Å². The molecule has 10 heteroatoms. The molecule has 0 unspecified atom stereocenters. The van der Waals surface area contributed by atoms with E-state index < -0.39 is 17.8 Å². The van der Waals surface area contributed by atoms with Crippen LogP contribution in [0.2, 0.25) is 5.02 Å². The minimum atomic E-state index is -0.608. The first-order valence-corrected chi connectivity index (χ1v) is 8.58. The second-order valence-corrected chi connectivity index (χ2v) is 6.10. The maximum Gasteiger partial charge on any atom is 0.343 e. The molecule has 1 heterocycles. The summed E-state index contributed by atoms with van der Waals surface area (Å²) in [5, 5.41) is 2.60. The summed E-state index contributed by atoms with van der Waals surface area (Å²) in [7, 11) is 2.70. The molecule has 1 aliphatic heterocycles. The highest BCUT2D eigenvalue weighted by atomic mass is 35.5. The summed E-state index contributed by atoms with van der Waals surface area (Å²) >= 11 is 11.1. The van der Waals surface area contributed by atoms with Crippen LogP contribution < -0.4 is 14.8 Å². The third-order valence-corrected chi connectivity index (χ3v) is 4.17. The van der Waals surface area contributed by atoms with E-state index in [2.05, 4.69) is 10.1 Å². The molecular weight excluding hydrogens is 396 g/mol. The zero-order valence-corrected chi connectivity index (χ0v) is 16.4. The Labute approximate surface area is 166 Å². The van der Waals surface area contributed by atoms with Gasteiger partial charge in [-0.1, -0.05) is 11.6 Å². The van der Waals surface area contributed by atoms with Crippen molar-refractivity contribution in [1.29, 1.82) is 0 Å². The van der Waals surface area contributed by atoms with Crippen LogP contribution in [-0.4, -0.2) is 55.2 Å².